The Bertz CT molecular complexity index is 885. The molecule has 4 rings (SSSR count). The maximum Gasteiger partial charge on any atom is 0.247 e. The van der Waals surface area contributed by atoms with E-state index in [2.05, 4.69) is 16.4 Å². The molecule has 1 saturated carbocycles. The molecular formula is C19H18N4O2S. The summed E-state index contributed by atoms with van der Waals surface area (Å²) < 4.78 is 0. The van der Waals surface area contributed by atoms with Crippen molar-refractivity contribution in [3.05, 3.63) is 40.7 Å². The number of hydrogen-bond donors (Lipinski definition) is 1. The van der Waals surface area contributed by atoms with Crippen molar-refractivity contribution >= 4 is 34.7 Å². The summed E-state index contributed by atoms with van der Waals surface area (Å²) in [5, 5.41) is 16.2. The fraction of sp³-hybridized carbons (Fsp3) is 0.368. The lowest BCUT2D eigenvalue weighted by Crippen LogP contribution is -2.35. The molecule has 26 heavy (non-hydrogen) atoms. The number of nitrogens with one attached hydrogen (secondary N) is 1. The number of nitriles is 1. The van der Waals surface area contributed by atoms with Gasteiger partial charge in [-0.05, 0) is 53.6 Å². The topological polar surface area (TPSA) is 86.1 Å². The molecule has 3 heterocycles. The van der Waals surface area contributed by atoms with Gasteiger partial charge < -0.3 is 10.2 Å². The molecule has 0 bridgehead atoms. The van der Waals surface area contributed by atoms with Gasteiger partial charge in [0.2, 0.25) is 11.8 Å². The normalized spacial score (nSPS) is 22.3. The van der Waals surface area contributed by atoms with E-state index < -0.39 is 5.41 Å². The Balaban J connectivity index is 1.49. The van der Waals surface area contributed by atoms with Crippen LogP contribution in [0.4, 0.5) is 11.5 Å². The quantitative estimate of drug-likeness (QED) is 0.881. The lowest BCUT2D eigenvalue weighted by molar-refractivity contribution is -0.123. The van der Waals surface area contributed by atoms with Crippen LogP contribution < -0.4 is 10.2 Å². The van der Waals surface area contributed by atoms with E-state index in [9.17, 15) is 14.9 Å². The summed E-state index contributed by atoms with van der Waals surface area (Å²) in [5.41, 5.74) is 0.765. The highest BCUT2D eigenvalue weighted by Crippen LogP contribution is 2.51. The summed E-state index contributed by atoms with van der Waals surface area (Å²) >= 11 is 1.55. The first-order valence-electron chi connectivity index (χ1n) is 8.62. The molecule has 2 aromatic rings. The monoisotopic (exact) mass is 366 g/mol. The lowest BCUT2D eigenvalue weighted by Gasteiger charge is -2.21. The minimum atomic E-state index is -0.869. The van der Waals surface area contributed by atoms with Crippen LogP contribution in [0.1, 0.15) is 24.8 Å². The first kappa shape index (κ1) is 16.7. The summed E-state index contributed by atoms with van der Waals surface area (Å²) in [4.78, 5) is 30.9. The molecule has 0 aromatic carbocycles. The first-order valence-corrected chi connectivity index (χ1v) is 9.57. The van der Waals surface area contributed by atoms with Crippen molar-refractivity contribution in [2.24, 2.45) is 11.3 Å². The van der Waals surface area contributed by atoms with Crippen LogP contribution in [0.5, 0.6) is 0 Å². The second-order valence-corrected chi connectivity index (χ2v) is 7.60. The molecule has 1 atom stereocenters. The van der Waals surface area contributed by atoms with Gasteiger partial charge in [-0.3, -0.25) is 9.59 Å². The highest BCUT2D eigenvalue weighted by Gasteiger charge is 2.56. The maximum atomic E-state index is 12.9. The molecule has 1 saturated heterocycles. The highest BCUT2D eigenvalue weighted by molar-refractivity contribution is 7.08. The molecule has 0 unspecified atom stereocenters. The van der Waals surface area contributed by atoms with Crippen molar-refractivity contribution in [3.63, 3.8) is 0 Å². The molecule has 1 aliphatic heterocycles. The van der Waals surface area contributed by atoms with Crippen molar-refractivity contribution in [1.29, 1.82) is 5.26 Å². The second kappa shape index (κ2) is 6.54. The number of carbonyl (C=O) groups excluding carboxylic acids is 2. The number of anilines is 2. The van der Waals surface area contributed by atoms with E-state index in [0.717, 1.165) is 18.4 Å². The zero-order valence-corrected chi connectivity index (χ0v) is 15.0. The van der Waals surface area contributed by atoms with Gasteiger partial charge in [-0.25, -0.2) is 4.98 Å². The predicted molar refractivity (Wildman–Crippen MR) is 98.6 cm³/mol. The fourth-order valence-electron chi connectivity index (χ4n) is 3.56. The number of nitrogens with zero attached hydrogens (tertiary/aromatic N) is 3. The van der Waals surface area contributed by atoms with Crippen LogP contribution in [-0.2, 0) is 16.0 Å². The molecule has 132 valence electrons. The maximum absolute atomic E-state index is 12.9. The van der Waals surface area contributed by atoms with Gasteiger partial charge in [0, 0.05) is 24.5 Å². The molecule has 1 aliphatic carbocycles. The Kier molecular flexibility index (Phi) is 4.21. The molecule has 1 N–H and O–H groups in total. The van der Waals surface area contributed by atoms with Gasteiger partial charge in [0.1, 0.15) is 11.2 Å². The van der Waals surface area contributed by atoms with E-state index in [1.54, 1.807) is 34.6 Å². The summed E-state index contributed by atoms with van der Waals surface area (Å²) in [6.45, 7) is 0.523. The lowest BCUT2D eigenvalue weighted by atomic mass is 9.83. The van der Waals surface area contributed by atoms with E-state index in [-0.39, 0.29) is 24.2 Å². The number of pyridine rings is 1. The molecule has 0 spiro atoms. The Morgan fingerprint density at radius 3 is 3.00 bits per heavy atom. The third kappa shape index (κ3) is 2.97. The zero-order chi connectivity index (χ0) is 18.1. The van der Waals surface area contributed by atoms with E-state index >= 15 is 0 Å². The molecule has 0 radical (unpaired) electrons. The Morgan fingerprint density at radius 1 is 1.46 bits per heavy atom. The number of amides is 2. The van der Waals surface area contributed by atoms with Gasteiger partial charge >= 0.3 is 0 Å². The minimum absolute atomic E-state index is 0.121. The first-order chi connectivity index (χ1) is 12.6. The van der Waals surface area contributed by atoms with Crippen LogP contribution in [0.25, 0.3) is 0 Å². The second-order valence-electron chi connectivity index (χ2n) is 6.82. The van der Waals surface area contributed by atoms with E-state index in [0.29, 0.717) is 24.5 Å². The standard InChI is InChI=1S/C19H18N4O2S/c20-12-19(14-1-2-14)5-7-23(18(19)25)15-3-6-21-16(10-15)22-17(24)9-13-4-8-26-11-13/h3-4,6,8,10-11,14H,1-2,5,7,9H2,(H,21,22,24)/t19-/m1/s1. The predicted octanol–water partition coefficient (Wildman–Crippen LogP) is 2.98. The average Bonchev–Trinajstić information content (AvgIpc) is 3.26. The van der Waals surface area contributed by atoms with E-state index in [1.807, 2.05) is 16.8 Å². The molecule has 2 aliphatic rings. The summed E-state index contributed by atoms with van der Waals surface area (Å²) in [6.07, 6.45) is 4.33. The summed E-state index contributed by atoms with van der Waals surface area (Å²) in [5.74, 6) is 0.336. The molecule has 2 amide bonds. The van der Waals surface area contributed by atoms with Gasteiger partial charge in [0.25, 0.3) is 0 Å². The highest BCUT2D eigenvalue weighted by atomic mass is 32.1. The van der Waals surface area contributed by atoms with E-state index in [4.69, 9.17) is 0 Å². The van der Waals surface area contributed by atoms with Crippen molar-refractivity contribution < 1.29 is 9.59 Å². The number of rotatable bonds is 5. The third-order valence-electron chi connectivity index (χ3n) is 5.10. The van der Waals surface area contributed by atoms with Crippen molar-refractivity contribution in [2.75, 3.05) is 16.8 Å². The van der Waals surface area contributed by atoms with Crippen LogP contribution in [0.3, 0.4) is 0 Å². The average molecular weight is 366 g/mol. The minimum Gasteiger partial charge on any atom is -0.311 e. The number of carbonyl (C=O) groups is 2. The van der Waals surface area contributed by atoms with Crippen LogP contribution >= 0.6 is 11.3 Å². The SMILES string of the molecule is N#C[C@@]1(C2CC2)CCN(c2ccnc(NC(=O)Cc3ccsc3)c2)C1=O. The fourth-order valence-corrected chi connectivity index (χ4v) is 4.22. The molecular weight excluding hydrogens is 348 g/mol. The smallest absolute Gasteiger partial charge is 0.247 e. The van der Waals surface area contributed by atoms with Crippen LogP contribution in [0, 0.1) is 22.7 Å². The molecule has 6 nitrogen and oxygen atoms in total. The van der Waals surface area contributed by atoms with Crippen molar-refractivity contribution in [1.82, 2.24) is 4.98 Å². The zero-order valence-electron chi connectivity index (χ0n) is 14.1. The number of thiophene rings is 1. The molecule has 2 aromatic heterocycles. The Hall–Kier alpha value is -2.72. The van der Waals surface area contributed by atoms with Gasteiger partial charge in [-0.15, -0.1) is 0 Å². The van der Waals surface area contributed by atoms with Gasteiger partial charge in [-0.2, -0.15) is 16.6 Å². The van der Waals surface area contributed by atoms with Gasteiger partial charge in [0.05, 0.1) is 12.5 Å². The Morgan fingerprint density at radius 2 is 2.31 bits per heavy atom. The van der Waals surface area contributed by atoms with Crippen molar-refractivity contribution in [3.8, 4) is 6.07 Å². The van der Waals surface area contributed by atoms with Crippen LogP contribution in [0.15, 0.2) is 35.2 Å². The molecule has 7 heteroatoms. The summed E-state index contributed by atoms with van der Waals surface area (Å²) in [6, 6.07) is 7.64. The van der Waals surface area contributed by atoms with Gasteiger partial charge in [0.15, 0.2) is 0 Å². The molecule has 2 fully saturated rings. The largest absolute Gasteiger partial charge is 0.311 e. The number of aromatic nitrogens is 1. The Labute approximate surface area is 155 Å². The number of hydrogen-bond acceptors (Lipinski definition) is 5. The third-order valence-corrected chi connectivity index (χ3v) is 5.83. The van der Waals surface area contributed by atoms with E-state index in [1.165, 1.54) is 0 Å². The van der Waals surface area contributed by atoms with Crippen LogP contribution in [0.2, 0.25) is 0 Å². The van der Waals surface area contributed by atoms with Crippen molar-refractivity contribution in [2.45, 2.75) is 25.7 Å². The van der Waals surface area contributed by atoms with Crippen LogP contribution in [-0.4, -0.2) is 23.3 Å². The summed E-state index contributed by atoms with van der Waals surface area (Å²) in [7, 11) is 0. The van der Waals surface area contributed by atoms with Gasteiger partial charge in [-0.1, -0.05) is 0 Å².